The molecule has 0 amide bonds. The Morgan fingerprint density at radius 3 is 2.32 bits per heavy atom. The predicted octanol–water partition coefficient (Wildman–Crippen LogP) is 3.34. The Labute approximate surface area is 117 Å². The van der Waals surface area contributed by atoms with Gasteiger partial charge >= 0.3 is 0 Å². The lowest BCUT2D eigenvalue weighted by Crippen LogP contribution is -2.35. The van der Waals surface area contributed by atoms with Crippen molar-refractivity contribution in [3.8, 4) is 0 Å². The molecular formula is C15H28N4. The highest BCUT2D eigenvalue weighted by molar-refractivity contribution is 5.59. The normalized spacial score (nSPS) is 11.2. The average Bonchev–Trinajstić information content (AvgIpc) is 2.35. The molecule has 0 atom stereocenters. The Bertz CT molecular complexity index is 388. The fourth-order valence-electron chi connectivity index (χ4n) is 2.23. The van der Waals surface area contributed by atoms with Crippen LogP contribution in [-0.2, 0) is 6.42 Å². The third-order valence-electron chi connectivity index (χ3n) is 3.08. The van der Waals surface area contributed by atoms with Gasteiger partial charge in [-0.2, -0.15) is 0 Å². The maximum atomic E-state index is 4.54. The first-order valence-electron chi connectivity index (χ1n) is 7.35. The number of hydrogen-bond acceptors (Lipinski definition) is 4. The third kappa shape index (κ3) is 4.08. The molecule has 4 heteroatoms. The monoisotopic (exact) mass is 264 g/mol. The first-order valence-corrected chi connectivity index (χ1v) is 7.35. The predicted molar refractivity (Wildman–Crippen MR) is 82.9 cm³/mol. The summed E-state index contributed by atoms with van der Waals surface area (Å²) in [5, 5.41) is 3.34. The number of aromatic nitrogens is 2. The molecule has 0 aliphatic heterocycles. The Kier molecular flexibility index (Phi) is 6.06. The van der Waals surface area contributed by atoms with Gasteiger partial charge in [-0.15, -0.1) is 0 Å². The van der Waals surface area contributed by atoms with E-state index in [2.05, 4.69) is 61.7 Å². The van der Waals surface area contributed by atoms with Crippen LogP contribution in [0.1, 0.15) is 47.1 Å². The zero-order valence-corrected chi connectivity index (χ0v) is 13.2. The molecule has 0 radical (unpaired) electrons. The summed E-state index contributed by atoms with van der Waals surface area (Å²) in [6, 6.07) is 0.442. The second-order valence-corrected chi connectivity index (χ2v) is 5.55. The van der Waals surface area contributed by atoms with Crippen molar-refractivity contribution in [3.05, 3.63) is 11.9 Å². The second kappa shape index (κ2) is 7.31. The molecule has 0 spiro atoms. The quantitative estimate of drug-likeness (QED) is 0.820. The molecule has 0 aliphatic rings. The van der Waals surface area contributed by atoms with E-state index in [9.17, 15) is 0 Å². The number of anilines is 2. The lowest BCUT2D eigenvalue weighted by molar-refractivity contribution is 0.564. The maximum absolute atomic E-state index is 4.54. The standard InChI is InChI=1S/C15H28N4/c1-7-13-14(16-8-2)17-10-18-15(13)19(12(5)6)9-11(3)4/h10-12H,7-9H2,1-6H3,(H,16,17,18). The van der Waals surface area contributed by atoms with E-state index in [-0.39, 0.29) is 0 Å². The highest BCUT2D eigenvalue weighted by Gasteiger charge is 2.19. The Hall–Kier alpha value is -1.32. The Morgan fingerprint density at radius 2 is 1.84 bits per heavy atom. The summed E-state index contributed by atoms with van der Waals surface area (Å²) in [7, 11) is 0. The van der Waals surface area contributed by atoms with Gasteiger partial charge in [0.2, 0.25) is 0 Å². The van der Waals surface area contributed by atoms with Crippen molar-refractivity contribution in [2.75, 3.05) is 23.3 Å². The van der Waals surface area contributed by atoms with E-state index in [1.807, 2.05) is 0 Å². The van der Waals surface area contributed by atoms with E-state index in [4.69, 9.17) is 0 Å². The summed E-state index contributed by atoms with van der Waals surface area (Å²) in [6.45, 7) is 15.1. The van der Waals surface area contributed by atoms with E-state index in [0.717, 1.165) is 31.1 Å². The molecule has 1 N–H and O–H groups in total. The smallest absolute Gasteiger partial charge is 0.137 e. The minimum absolute atomic E-state index is 0.442. The highest BCUT2D eigenvalue weighted by atomic mass is 15.2. The van der Waals surface area contributed by atoms with Gasteiger partial charge in [0.1, 0.15) is 18.0 Å². The van der Waals surface area contributed by atoms with Crippen molar-refractivity contribution < 1.29 is 0 Å². The number of nitrogens with zero attached hydrogens (tertiary/aromatic N) is 3. The van der Waals surface area contributed by atoms with Gasteiger partial charge in [-0.05, 0) is 33.1 Å². The zero-order valence-electron chi connectivity index (χ0n) is 13.2. The van der Waals surface area contributed by atoms with Crippen molar-refractivity contribution in [1.82, 2.24) is 9.97 Å². The molecule has 1 rings (SSSR count). The lowest BCUT2D eigenvalue weighted by atomic mass is 10.1. The van der Waals surface area contributed by atoms with Crippen LogP contribution in [-0.4, -0.2) is 29.1 Å². The van der Waals surface area contributed by atoms with Crippen LogP contribution in [0, 0.1) is 5.92 Å². The van der Waals surface area contributed by atoms with Gasteiger partial charge in [-0.1, -0.05) is 20.8 Å². The van der Waals surface area contributed by atoms with Gasteiger partial charge in [-0.3, -0.25) is 0 Å². The number of rotatable bonds is 7. The van der Waals surface area contributed by atoms with Crippen LogP contribution in [0.5, 0.6) is 0 Å². The first kappa shape index (κ1) is 15.7. The summed E-state index contributed by atoms with van der Waals surface area (Å²) in [5.74, 6) is 2.67. The van der Waals surface area contributed by atoms with E-state index >= 15 is 0 Å². The van der Waals surface area contributed by atoms with Crippen molar-refractivity contribution in [1.29, 1.82) is 0 Å². The minimum atomic E-state index is 0.442. The summed E-state index contributed by atoms with van der Waals surface area (Å²) >= 11 is 0. The third-order valence-corrected chi connectivity index (χ3v) is 3.08. The fourth-order valence-corrected chi connectivity index (χ4v) is 2.23. The van der Waals surface area contributed by atoms with E-state index in [1.165, 1.54) is 5.56 Å². The molecule has 0 unspecified atom stereocenters. The fraction of sp³-hybridized carbons (Fsp3) is 0.733. The van der Waals surface area contributed by atoms with Gasteiger partial charge in [0.05, 0.1) is 0 Å². The number of hydrogen-bond donors (Lipinski definition) is 1. The van der Waals surface area contributed by atoms with Crippen LogP contribution < -0.4 is 10.2 Å². The van der Waals surface area contributed by atoms with Crippen LogP contribution in [0.4, 0.5) is 11.6 Å². The highest BCUT2D eigenvalue weighted by Crippen LogP contribution is 2.26. The molecular weight excluding hydrogens is 236 g/mol. The summed E-state index contributed by atoms with van der Waals surface area (Å²) in [6.07, 6.45) is 2.61. The molecule has 1 aromatic heterocycles. The Morgan fingerprint density at radius 1 is 1.16 bits per heavy atom. The first-order chi connectivity index (χ1) is 9.01. The van der Waals surface area contributed by atoms with Crippen LogP contribution in [0.15, 0.2) is 6.33 Å². The molecule has 19 heavy (non-hydrogen) atoms. The molecule has 0 aromatic carbocycles. The molecule has 108 valence electrons. The minimum Gasteiger partial charge on any atom is -0.370 e. The van der Waals surface area contributed by atoms with Gasteiger partial charge < -0.3 is 10.2 Å². The van der Waals surface area contributed by atoms with Crippen molar-refractivity contribution in [2.45, 2.75) is 54.0 Å². The summed E-state index contributed by atoms with van der Waals surface area (Å²) in [5.41, 5.74) is 1.22. The summed E-state index contributed by atoms with van der Waals surface area (Å²) in [4.78, 5) is 11.3. The van der Waals surface area contributed by atoms with E-state index in [1.54, 1.807) is 6.33 Å². The molecule has 1 aromatic rings. The van der Waals surface area contributed by atoms with Crippen LogP contribution in [0.3, 0.4) is 0 Å². The molecule has 0 saturated carbocycles. The molecule has 0 fully saturated rings. The molecule has 0 saturated heterocycles. The van der Waals surface area contributed by atoms with E-state index in [0.29, 0.717) is 12.0 Å². The number of nitrogens with one attached hydrogen (secondary N) is 1. The van der Waals surface area contributed by atoms with Gasteiger partial charge in [-0.25, -0.2) is 9.97 Å². The zero-order chi connectivity index (χ0) is 14.4. The SMILES string of the molecule is CCNc1ncnc(N(CC(C)C)C(C)C)c1CC. The topological polar surface area (TPSA) is 41.1 Å². The molecule has 1 heterocycles. The Balaban J connectivity index is 3.17. The van der Waals surface area contributed by atoms with Gasteiger partial charge in [0, 0.05) is 24.7 Å². The van der Waals surface area contributed by atoms with Crippen molar-refractivity contribution in [3.63, 3.8) is 0 Å². The largest absolute Gasteiger partial charge is 0.370 e. The molecule has 0 aliphatic carbocycles. The van der Waals surface area contributed by atoms with Crippen molar-refractivity contribution >= 4 is 11.6 Å². The maximum Gasteiger partial charge on any atom is 0.137 e. The van der Waals surface area contributed by atoms with Crippen LogP contribution in [0.25, 0.3) is 0 Å². The average molecular weight is 264 g/mol. The van der Waals surface area contributed by atoms with E-state index < -0.39 is 0 Å². The van der Waals surface area contributed by atoms with Crippen LogP contribution >= 0.6 is 0 Å². The lowest BCUT2D eigenvalue weighted by Gasteiger charge is -2.31. The second-order valence-electron chi connectivity index (χ2n) is 5.55. The summed E-state index contributed by atoms with van der Waals surface area (Å²) < 4.78 is 0. The van der Waals surface area contributed by atoms with Gasteiger partial charge in [0.25, 0.3) is 0 Å². The van der Waals surface area contributed by atoms with Crippen LogP contribution in [0.2, 0.25) is 0 Å². The molecule has 0 bridgehead atoms. The van der Waals surface area contributed by atoms with Crippen molar-refractivity contribution in [2.24, 2.45) is 5.92 Å². The van der Waals surface area contributed by atoms with Gasteiger partial charge in [0.15, 0.2) is 0 Å². The molecule has 4 nitrogen and oxygen atoms in total.